The molecular formula is C18H28N2O2. The van der Waals surface area contributed by atoms with E-state index in [2.05, 4.69) is 22.8 Å². The molecule has 0 bridgehead atoms. The molecule has 0 spiro atoms. The van der Waals surface area contributed by atoms with Crippen LogP contribution >= 0.6 is 0 Å². The predicted octanol–water partition coefficient (Wildman–Crippen LogP) is 2.52. The van der Waals surface area contributed by atoms with Crippen LogP contribution in [0.4, 0.5) is 0 Å². The van der Waals surface area contributed by atoms with Crippen LogP contribution in [0.1, 0.15) is 35.3 Å². The Bertz CT molecular complexity index is 520. The van der Waals surface area contributed by atoms with E-state index in [9.17, 15) is 4.79 Å². The monoisotopic (exact) mass is 304 g/mol. The van der Waals surface area contributed by atoms with Crippen molar-refractivity contribution in [1.29, 1.82) is 0 Å². The summed E-state index contributed by atoms with van der Waals surface area (Å²) in [5, 5.41) is 0. The molecule has 2 rings (SSSR count). The molecule has 0 saturated carbocycles. The lowest BCUT2D eigenvalue weighted by molar-refractivity contribution is 0.0855. The molecule has 0 radical (unpaired) electrons. The average molecular weight is 304 g/mol. The molecule has 0 atom stereocenters. The number of piperazine rings is 1. The van der Waals surface area contributed by atoms with Crippen molar-refractivity contribution in [3.63, 3.8) is 0 Å². The number of carbonyl (C=O) groups is 1. The topological polar surface area (TPSA) is 32.8 Å². The highest BCUT2D eigenvalue weighted by Gasteiger charge is 2.21. The zero-order valence-corrected chi connectivity index (χ0v) is 14.3. The molecule has 1 saturated heterocycles. The molecule has 122 valence electrons. The van der Waals surface area contributed by atoms with E-state index in [0.29, 0.717) is 13.2 Å². The van der Waals surface area contributed by atoms with E-state index in [0.717, 1.165) is 55.2 Å². The largest absolute Gasteiger partial charge is 0.493 e. The van der Waals surface area contributed by atoms with Crippen molar-refractivity contribution in [2.45, 2.75) is 27.7 Å². The minimum atomic E-state index is 0.167. The maximum absolute atomic E-state index is 12.7. The summed E-state index contributed by atoms with van der Waals surface area (Å²) in [4.78, 5) is 17.4. The lowest BCUT2D eigenvalue weighted by Crippen LogP contribution is -2.47. The number of benzene rings is 1. The van der Waals surface area contributed by atoms with Crippen LogP contribution in [0.3, 0.4) is 0 Å². The number of rotatable bonds is 6. The second kappa shape index (κ2) is 7.75. The van der Waals surface area contributed by atoms with Crippen LogP contribution in [-0.2, 0) is 0 Å². The molecule has 1 aromatic rings. The fourth-order valence-electron chi connectivity index (χ4n) is 3.05. The van der Waals surface area contributed by atoms with Gasteiger partial charge in [-0.1, -0.05) is 13.0 Å². The summed E-state index contributed by atoms with van der Waals surface area (Å²) >= 11 is 0. The summed E-state index contributed by atoms with van der Waals surface area (Å²) in [5.74, 6) is 0.922. The Hall–Kier alpha value is -1.39. The molecule has 1 aliphatic rings. The van der Waals surface area contributed by atoms with Crippen molar-refractivity contribution >= 4 is 5.78 Å². The molecule has 4 nitrogen and oxygen atoms in total. The number of likely N-dealkylation sites (N-methyl/N-ethyl adjacent to an activating group) is 1. The minimum absolute atomic E-state index is 0.167. The quantitative estimate of drug-likeness (QED) is 0.756. The molecule has 0 N–H and O–H groups in total. The minimum Gasteiger partial charge on any atom is -0.493 e. The number of aryl methyl sites for hydroxylation is 2. The van der Waals surface area contributed by atoms with Gasteiger partial charge in [0.05, 0.1) is 18.7 Å². The van der Waals surface area contributed by atoms with Crippen molar-refractivity contribution in [1.82, 2.24) is 9.80 Å². The number of ether oxygens (including phenoxy) is 1. The second-order valence-electron chi connectivity index (χ2n) is 6.03. The lowest BCUT2D eigenvalue weighted by Gasteiger charge is -2.33. The van der Waals surface area contributed by atoms with E-state index in [1.54, 1.807) is 0 Å². The summed E-state index contributed by atoms with van der Waals surface area (Å²) in [6.45, 7) is 14.4. The van der Waals surface area contributed by atoms with Crippen molar-refractivity contribution in [2.75, 3.05) is 45.9 Å². The van der Waals surface area contributed by atoms with Gasteiger partial charge in [0.25, 0.3) is 0 Å². The Kier molecular flexibility index (Phi) is 5.98. The number of hydrogen-bond donors (Lipinski definition) is 0. The zero-order valence-electron chi connectivity index (χ0n) is 14.3. The molecule has 0 amide bonds. The molecule has 22 heavy (non-hydrogen) atoms. The van der Waals surface area contributed by atoms with Crippen LogP contribution in [0.5, 0.6) is 5.75 Å². The molecule has 4 heteroatoms. The summed E-state index contributed by atoms with van der Waals surface area (Å²) in [5.41, 5.74) is 2.89. The van der Waals surface area contributed by atoms with Gasteiger partial charge < -0.3 is 9.64 Å². The molecule has 0 aliphatic carbocycles. The van der Waals surface area contributed by atoms with Crippen molar-refractivity contribution in [2.24, 2.45) is 0 Å². The number of ketones is 1. The number of carbonyl (C=O) groups excluding carboxylic acids is 1. The number of nitrogens with zero attached hydrogens (tertiary/aromatic N) is 2. The Morgan fingerprint density at radius 3 is 2.32 bits per heavy atom. The first-order chi connectivity index (χ1) is 10.5. The van der Waals surface area contributed by atoms with E-state index in [1.807, 2.05) is 26.8 Å². The van der Waals surface area contributed by atoms with Crippen molar-refractivity contribution < 1.29 is 9.53 Å². The third kappa shape index (κ3) is 4.08. The Morgan fingerprint density at radius 1 is 1.09 bits per heavy atom. The molecule has 1 heterocycles. The van der Waals surface area contributed by atoms with Crippen LogP contribution in [0, 0.1) is 13.8 Å². The third-order valence-electron chi connectivity index (χ3n) is 4.29. The fraction of sp³-hybridized carbons (Fsp3) is 0.611. The number of hydrogen-bond acceptors (Lipinski definition) is 4. The van der Waals surface area contributed by atoms with Crippen molar-refractivity contribution in [3.05, 3.63) is 28.8 Å². The molecule has 0 unspecified atom stereocenters. The van der Waals surface area contributed by atoms with E-state index in [-0.39, 0.29) is 5.78 Å². The summed E-state index contributed by atoms with van der Waals surface area (Å²) < 4.78 is 5.72. The Balaban J connectivity index is 2.09. The second-order valence-corrected chi connectivity index (χ2v) is 6.03. The van der Waals surface area contributed by atoms with E-state index in [4.69, 9.17) is 4.74 Å². The zero-order chi connectivity index (χ0) is 16.1. The first kappa shape index (κ1) is 17.0. The van der Waals surface area contributed by atoms with Crippen LogP contribution in [0.25, 0.3) is 0 Å². The van der Waals surface area contributed by atoms with Gasteiger partial charge in [0.15, 0.2) is 5.78 Å². The SMILES string of the molecule is CCOc1c(C)cc(C)cc1C(=O)CN1CCN(CC)CC1. The highest BCUT2D eigenvalue weighted by atomic mass is 16.5. The highest BCUT2D eigenvalue weighted by Crippen LogP contribution is 2.26. The van der Waals surface area contributed by atoms with Crippen LogP contribution in [-0.4, -0.2) is 61.5 Å². The van der Waals surface area contributed by atoms with E-state index in [1.165, 1.54) is 0 Å². The van der Waals surface area contributed by atoms with Crippen LogP contribution in [0.2, 0.25) is 0 Å². The van der Waals surface area contributed by atoms with Gasteiger partial charge in [-0.15, -0.1) is 0 Å². The van der Waals surface area contributed by atoms with Crippen LogP contribution in [0.15, 0.2) is 12.1 Å². The van der Waals surface area contributed by atoms with Crippen LogP contribution < -0.4 is 4.74 Å². The molecular weight excluding hydrogens is 276 g/mol. The smallest absolute Gasteiger partial charge is 0.180 e. The van der Waals surface area contributed by atoms with Gasteiger partial charge in [-0.2, -0.15) is 0 Å². The maximum atomic E-state index is 12.7. The summed E-state index contributed by atoms with van der Waals surface area (Å²) in [6.07, 6.45) is 0. The summed E-state index contributed by atoms with van der Waals surface area (Å²) in [7, 11) is 0. The maximum Gasteiger partial charge on any atom is 0.180 e. The standard InChI is InChI=1S/C18H28N2O2/c1-5-19-7-9-20(10-8-19)13-17(21)16-12-14(3)11-15(4)18(16)22-6-2/h11-12H,5-10,13H2,1-4H3. The third-order valence-corrected chi connectivity index (χ3v) is 4.29. The molecule has 0 aromatic heterocycles. The van der Waals surface area contributed by atoms with Gasteiger partial charge in [-0.3, -0.25) is 9.69 Å². The first-order valence-electron chi connectivity index (χ1n) is 8.27. The normalized spacial score (nSPS) is 16.7. The van der Waals surface area contributed by atoms with Crippen molar-refractivity contribution in [3.8, 4) is 5.75 Å². The summed E-state index contributed by atoms with van der Waals surface area (Å²) in [6, 6.07) is 4.03. The van der Waals surface area contributed by atoms with Gasteiger partial charge >= 0.3 is 0 Å². The van der Waals surface area contributed by atoms with Gasteiger partial charge in [0.2, 0.25) is 0 Å². The van der Waals surface area contributed by atoms with Gasteiger partial charge in [0.1, 0.15) is 5.75 Å². The average Bonchev–Trinajstić information content (AvgIpc) is 2.50. The predicted molar refractivity (Wildman–Crippen MR) is 90.0 cm³/mol. The molecule has 1 fully saturated rings. The van der Waals surface area contributed by atoms with E-state index >= 15 is 0 Å². The first-order valence-corrected chi connectivity index (χ1v) is 8.27. The van der Waals surface area contributed by atoms with Gasteiger partial charge in [0, 0.05) is 26.2 Å². The van der Waals surface area contributed by atoms with Gasteiger partial charge in [-0.25, -0.2) is 0 Å². The number of Topliss-reactive ketones (excluding diaryl/α,β-unsaturated/α-hetero) is 1. The fourth-order valence-corrected chi connectivity index (χ4v) is 3.05. The Labute approximate surface area is 134 Å². The van der Waals surface area contributed by atoms with E-state index < -0.39 is 0 Å². The Morgan fingerprint density at radius 2 is 1.73 bits per heavy atom. The highest BCUT2D eigenvalue weighted by molar-refractivity contribution is 6.00. The molecule has 1 aromatic carbocycles. The molecule has 1 aliphatic heterocycles. The lowest BCUT2D eigenvalue weighted by atomic mass is 10.0. The van der Waals surface area contributed by atoms with Gasteiger partial charge in [-0.05, 0) is 44.5 Å².